The van der Waals surface area contributed by atoms with Crippen LogP contribution in [0.25, 0.3) is 11.3 Å². The van der Waals surface area contributed by atoms with E-state index in [9.17, 15) is 0 Å². The van der Waals surface area contributed by atoms with E-state index in [0.29, 0.717) is 11.0 Å². The number of benzene rings is 1. The second kappa shape index (κ2) is 7.73. The van der Waals surface area contributed by atoms with Crippen molar-refractivity contribution >= 4 is 17.5 Å². The highest BCUT2D eigenvalue weighted by molar-refractivity contribution is 6.32. The first kappa shape index (κ1) is 16.2. The van der Waals surface area contributed by atoms with Gasteiger partial charge in [0.05, 0.1) is 16.9 Å². The van der Waals surface area contributed by atoms with Crippen LogP contribution in [-0.2, 0) is 0 Å². The van der Waals surface area contributed by atoms with Crippen LogP contribution in [0, 0.1) is 0 Å². The fourth-order valence-corrected chi connectivity index (χ4v) is 2.85. The van der Waals surface area contributed by atoms with Crippen LogP contribution in [0.3, 0.4) is 0 Å². The lowest BCUT2D eigenvalue weighted by Crippen LogP contribution is -2.45. The minimum atomic E-state index is 0.570. The van der Waals surface area contributed by atoms with Gasteiger partial charge in [0, 0.05) is 44.8 Å². The Labute approximate surface area is 142 Å². The standard InChI is InChI=1S/C17H22ClN5/c1-22-9-11-23(12-10-22)8-7-19-17-20-13-15(18)16(21-17)14-5-3-2-4-6-14/h2-6,13H,7-12H2,1H3,(H,19,20,21). The number of nitrogens with zero attached hydrogens (tertiary/aromatic N) is 4. The van der Waals surface area contributed by atoms with Gasteiger partial charge in [-0.25, -0.2) is 9.97 Å². The number of likely N-dealkylation sites (N-methyl/N-ethyl adjacent to an activating group) is 1. The van der Waals surface area contributed by atoms with Gasteiger partial charge in [0.2, 0.25) is 5.95 Å². The highest BCUT2D eigenvalue weighted by Gasteiger charge is 2.13. The molecule has 1 saturated heterocycles. The Morgan fingerprint density at radius 1 is 1.13 bits per heavy atom. The second-order valence-corrected chi connectivity index (χ2v) is 6.24. The topological polar surface area (TPSA) is 44.3 Å². The Kier molecular flexibility index (Phi) is 5.43. The van der Waals surface area contributed by atoms with Gasteiger partial charge in [-0.1, -0.05) is 41.9 Å². The molecule has 0 unspecified atom stereocenters. The summed E-state index contributed by atoms with van der Waals surface area (Å²) in [5, 5.41) is 3.87. The Morgan fingerprint density at radius 3 is 2.61 bits per heavy atom. The minimum absolute atomic E-state index is 0.570. The van der Waals surface area contributed by atoms with Gasteiger partial charge in [-0.05, 0) is 7.05 Å². The SMILES string of the molecule is CN1CCN(CCNc2ncc(Cl)c(-c3ccccc3)n2)CC1. The summed E-state index contributed by atoms with van der Waals surface area (Å²) in [6.45, 7) is 6.34. The first-order chi connectivity index (χ1) is 11.2. The van der Waals surface area contributed by atoms with E-state index < -0.39 is 0 Å². The third kappa shape index (κ3) is 4.41. The monoisotopic (exact) mass is 331 g/mol. The van der Waals surface area contributed by atoms with E-state index >= 15 is 0 Å². The molecule has 5 nitrogen and oxygen atoms in total. The number of halogens is 1. The molecule has 0 spiro atoms. The molecule has 1 aliphatic rings. The molecule has 2 heterocycles. The second-order valence-electron chi connectivity index (χ2n) is 5.83. The van der Waals surface area contributed by atoms with Crippen LogP contribution >= 0.6 is 11.6 Å². The van der Waals surface area contributed by atoms with Gasteiger partial charge in [-0.15, -0.1) is 0 Å². The maximum atomic E-state index is 6.23. The van der Waals surface area contributed by atoms with E-state index in [0.717, 1.165) is 50.5 Å². The van der Waals surface area contributed by atoms with Gasteiger partial charge in [-0.3, -0.25) is 4.90 Å². The van der Waals surface area contributed by atoms with Crippen molar-refractivity contribution in [3.8, 4) is 11.3 Å². The zero-order valence-corrected chi connectivity index (χ0v) is 14.1. The van der Waals surface area contributed by atoms with E-state index in [-0.39, 0.29) is 0 Å². The van der Waals surface area contributed by atoms with Gasteiger partial charge in [0.25, 0.3) is 0 Å². The molecule has 6 heteroatoms. The molecule has 1 aromatic heterocycles. The Bertz CT molecular complexity index is 626. The Hall–Kier alpha value is -1.69. The van der Waals surface area contributed by atoms with Gasteiger partial charge in [-0.2, -0.15) is 0 Å². The smallest absolute Gasteiger partial charge is 0.223 e. The maximum absolute atomic E-state index is 6.23. The lowest BCUT2D eigenvalue weighted by molar-refractivity contribution is 0.158. The van der Waals surface area contributed by atoms with Gasteiger partial charge in [0.15, 0.2) is 0 Å². The molecule has 0 bridgehead atoms. The van der Waals surface area contributed by atoms with Crippen LogP contribution in [0.5, 0.6) is 0 Å². The van der Waals surface area contributed by atoms with E-state index in [1.54, 1.807) is 6.20 Å². The van der Waals surface area contributed by atoms with Crippen molar-refractivity contribution in [3.63, 3.8) is 0 Å². The van der Waals surface area contributed by atoms with Crippen molar-refractivity contribution in [2.75, 3.05) is 51.6 Å². The number of hydrogen-bond donors (Lipinski definition) is 1. The average molecular weight is 332 g/mol. The summed E-state index contributed by atoms with van der Waals surface area (Å²) >= 11 is 6.23. The summed E-state index contributed by atoms with van der Waals surface area (Å²) < 4.78 is 0. The van der Waals surface area contributed by atoms with E-state index in [1.807, 2.05) is 30.3 Å². The number of piperazine rings is 1. The maximum Gasteiger partial charge on any atom is 0.223 e. The molecule has 2 aromatic rings. The van der Waals surface area contributed by atoms with Gasteiger partial charge in [0.1, 0.15) is 0 Å². The molecule has 3 rings (SSSR count). The Balaban J connectivity index is 1.58. The highest BCUT2D eigenvalue weighted by atomic mass is 35.5. The minimum Gasteiger partial charge on any atom is -0.353 e. The molecule has 122 valence electrons. The summed E-state index contributed by atoms with van der Waals surface area (Å²) in [6.07, 6.45) is 1.66. The molecule has 1 N–H and O–H groups in total. The first-order valence-electron chi connectivity index (χ1n) is 7.95. The van der Waals surface area contributed by atoms with E-state index in [2.05, 4.69) is 32.1 Å². The van der Waals surface area contributed by atoms with Crippen LogP contribution in [0.4, 0.5) is 5.95 Å². The van der Waals surface area contributed by atoms with Crippen molar-refractivity contribution < 1.29 is 0 Å². The van der Waals surface area contributed by atoms with E-state index in [4.69, 9.17) is 11.6 Å². The predicted molar refractivity (Wildman–Crippen MR) is 94.9 cm³/mol. The van der Waals surface area contributed by atoms with Crippen LogP contribution in [0.1, 0.15) is 0 Å². The molecule has 0 aliphatic carbocycles. The van der Waals surface area contributed by atoms with Crippen molar-refractivity contribution in [1.29, 1.82) is 0 Å². The van der Waals surface area contributed by atoms with Crippen molar-refractivity contribution in [3.05, 3.63) is 41.6 Å². The summed E-state index contributed by atoms with van der Waals surface area (Å²) in [6, 6.07) is 9.95. The zero-order chi connectivity index (χ0) is 16.1. The van der Waals surface area contributed by atoms with Crippen LogP contribution in [-0.4, -0.2) is 66.1 Å². The summed E-state index contributed by atoms with van der Waals surface area (Å²) in [5.74, 6) is 0.627. The molecule has 1 aliphatic heterocycles. The lowest BCUT2D eigenvalue weighted by Gasteiger charge is -2.32. The number of nitrogens with one attached hydrogen (secondary N) is 1. The van der Waals surface area contributed by atoms with Crippen LogP contribution in [0.15, 0.2) is 36.5 Å². The third-order valence-corrected chi connectivity index (χ3v) is 4.37. The third-order valence-electron chi connectivity index (χ3n) is 4.10. The zero-order valence-electron chi connectivity index (χ0n) is 13.4. The van der Waals surface area contributed by atoms with Crippen molar-refractivity contribution in [2.45, 2.75) is 0 Å². The summed E-state index contributed by atoms with van der Waals surface area (Å²) in [5.41, 5.74) is 1.77. The molecule has 0 saturated carbocycles. The lowest BCUT2D eigenvalue weighted by atomic mass is 10.1. The molecular weight excluding hydrogens is 310 g/mol. The average Bonchev–Trinajstić information content (AvgIpc) is 2.59. The highest BCUT2D eigenvalue weighted by Crippen LogP contribution is 2.25. The predicted octanol–water partition coefficient (Wildman–Crippen LogP) is 2.46. The Morgan fingerprint density at radius 2 is 1.87 bits per heavy atom. The van der Waals surface area contributed by atoms with Crippen molar-refractivity contribution in [1.82, 2.24) is 19.8 Å². The normalized spacial score (nSPS) is 16.4. The number of hydrogen-bond acceptors (Lipinski definition) is 5. The van der Waals surface area contributed by atoms with Crippen LogP contribution < -0.4 is 5.32 Å². The fourth-order valence-electron chi connectivity index (χ4n) is 2.65. The number of anilines is 1. The van der Waals surface area contributed by atoms with Gasteiger partial charge >= 0.3 is 0 Å². The molecular formula is C17H22ClN5. The van der Waals surface area contributed by atoms with Crippen LogP contribution in [0.2, 0.25) is 5.02 Å². The summed E-state index contributed by atoms with van der Waals surface area (Å²) in [7, 11) is 2.17. The van der Waals surface area contributed by atoms with Crippen molar-refractivity contribution in [2.24, 2.45) is 0 Å². The van der Waals surface area contributed by atoms with Gasteiger partial charge < -0.3 is 10.2 Å². The quantitative estimate of drug-likeness (QED) is 0.911. The molecule has 1 aromatic carbocycles. The molecule has 0 radical (unpaired) electrons. The summed E-state index contributed by atoms with van der Waals surface area (Å²) in [4.78, 5) is 13.7. The molecule has 0 amide bonds. The molecule has 0 atom stereocenters. The molecule has 23 heavy (non-hydrogen) atoms. The first-order valence-corrected chi connectivity index (χ1v) is 8.33. The number of aromatic nitrogens is 2. The van der Waals surface area contributed by atoms with E-state index in [1.165, 1.54) is 0 Å². The number of rotatable bonds is 5. The largest absolute Gasteiger partial charge is 0.353 e. The fraction of sp³-hybridized carbons (Fsp3) is 0.412. The molecule has 1 fully saturated rings.